The van der Waals surface area contributed by atoms with Gasteiger partial charge in [0.25, 0.3) is 0 Å². The van der Waals surface area contributed by atoms with E-state index in [2.05, 4.69) is 24.1 Å². The number of aryl methyl sites for hydroxylation is 1. The molecule has 2 rings (SSSR count). The van der Waals surface area contributed by atoms with Crippen LogP contribution in [0.15, 0.2) is 30.6 Å². The lowest BCUT2D eigenvalue weighted by atomic mass is 10.1. The molecule has 21 heavy (non-hydrogen) atoms. The summed E-state index contributed by atoms with van der Waals surface area (Å²) in [6, 6.07) is 3.66. The minimum atomic E-state index is -4.35. The Kier molecular flexibility index (Phi) is 4.25. The Bertz CT molecular complexity index is 615. The molecule has 0 radical (unpaired) electrons. The smallest absolute Gasteiger partial charge is 0.325 e. The number of halogens is 3. The van der Waals surface area contributed by atoms with Crippen molar-refractivity contribution in [3.05, 3.63) is 41.7 Å². The van der Waals surface area contributed by atoms with Gasteiger partial charge in [0.1, 0.15) is 0 Å². The third-order valence-electron chi connectivity index (χ3n) is 3.09. The average Bonchev–Trinajstić information content (AvgIpc) is 2.77. The number of hydrogen-bond donors (Lipinski definition) is 1. The van der Waals surface area contributed by atoms with Gasteiger partial charge in [-0.25, -0.2) is 4.98 Å². The van der Waals surface area contributed by atoms with E-state index < -0.39 is 11.7 Å². The molecule has 0 unspecified atom stereocenters. The van der Waals surface area contributed by atoms with Crippen LogP contribution >= 0.6 is 0 Å². The van der Waals surface area contributed by atoms with Gasteiger partial charge in [0, 0.05) is 24.6 Å². The lowest BCUT2D eigenvalue weighted by Crippen LogP contribution is -2.09. The van der Waals surface area contributed by atoms with Crippen LogP contribution in [0.1, 0.15) is 25.0 Å². The molecule has 1 aromatic carbocycles. The third kappa shape index (κ3) is 3.77. The highest BCUT2D eigenvalue weighted by Gasteiger charge is 2.30. The summed E-state index contributed by atoms with van der Waals surface area (Å²) >= 11 is 0. The molecule has 0 aliphatic heterocycles. The van der Waals surface area contributed by atoms with Crippen molar-refractivity contribution < 1.29 is 13.2 Å². The van der Waals surface area contributed by atoms with Gasteiger partial charge in [0.2, 0.25) is 5.95 Å². The quantitative estimate of drug-likeness (QED) is 0.893. The molecule has 0 spiro atoms. The first-order valence-electron chi connectivity index (χ1n) is 6.73. The van der Waals surface area contributed by atoms with E-state index in [1.165, 1.54) is 6.07 Å². The van der Waals surface area contributed by atoms with Crippen LogP contribution in [-0.4, -0.2) is 9.55 Å². The van der Waals surface area contributed by atoms with E-state index in [4.69, 9.17) is 0 Å². The lowest BCUT2D eigenvalue weighted by molar-refractivity contribution is -0.137. The normalized spacial score (nSPS) is 12.0. The van der Waals surface area contributed by atoms with Crippen LogP contribution in [0, 0.1) is 12.8 Å². The fourth-order valence-electron chi connectivity index (χ4n) is 2.03. The molecule has 0 bridgehead atoms. The first-order valence-corrected chi connectivity index (χ1v) is 6.73. The zero-order valence-corrected chi connectivity index (χ0v) is 12.2. The van der Waals surface area contributed by atoms with Gasteiger partial charge in [-0.3, -0.25) is 0 Å². The number of nitrogens with zero attached hydrogens (tertiary/aromatic N) is 2. The maximum Gasteiger partial charge on any atom is 0.416 e. The number of nitrogens with one attached hydrogen (secondary N) is 1. The van der Waals surface area contributed by atoms with Gasteiger partial charge in [0.15, 0.2) is 0 Å². The molecule has 1 aromatic heterocycles. The van der Waals surface area contributed by atoms with Gasteiger partial charge in [-0.05, 0) is 30.5 Å². The zero-order chi connectivity index (χ0) is 15.6. The Morgan fingerprint density at radius 2 is 2.00 bits per heavy atom. The van der Waals surface area contributed by atoms with Crippen molar-refractivity contribution in [2.75, 3.05) is 5.32 Å². The fourth-order valence-corrected chi connectivity index (χ4v) is 2.03. The van der Waals surface area contributed by atoms with Crippen LogP contribution in [0.4, 0.5) is 24.8 Å². The second-order valence-corrected chi connectivity index (χ2v) is 5.45. The standard InChI is InChI=1S/C15H18F3N3/c1-10(2)9-21-7-6-19-14(21)20-13-8-12(15(16,17)18)5-4-11(13)3/h4-8,10H,9H2,1-3H3,(H,19,20). The molecule has 2 aromatic rings. The number of benzene rings is 1. The highest BCUT2D eigenvalue weighted by Crippen LogP contribution is 2.32. The highest BCUT2D eigenvalue weighted by atomic mass is 19.4. The summed E-state index contributed by atoms with van der Waals surface area (Å²) in [7, 11) is 0. The first kappa shape index (κ1) is 15.4. The van der Waals surface area contributed by atoms with Crippen molar-refractivity contribution in [2.24, 2.45) is 5.92 Å². The molecule has 3 nitrogen and oxygen atoms in total. The molecular weight excluding hydrogens is 279 g/mol. The molecule has 0 saturated carbocycles. The molecule has 0 fully saturated rings. The molecule has 0 saturated heterocycles. The van der Waals surface area contributed by atoms with Crippen LogP contribution in [0.5, 0.6) is 0 Å². The number of aromatic nitrogens is 2. The van der Waals surface area contributed by atoms with Gasteiger partial charge in [-0.15, -0.1) is 0 Å². The van der Waals surface area contributed by atoms with Crippen LogP contribution in [0.2, 0.25) is 0 Å². The number of imidazole rings is 1. The lowest BCUT2D eigenvalue weighted by Gasteiger charge is -2.15. The molecule has 1 N–H and O–H groups in total. The van der Waals surface area contributed by atoms with Crippen LogP contribution in [0.3, 0.4) is 0 Å². The molecule has 1 heterocycles. The molecule has 114 valence electrons. The Morgan fingerprint density at radius 3 is 2.62 bits per heavy atom. The van der Waals surface area contributed by atoms with E-state index in [-0.39, 0.29) is 0 Å². The second kappa shape index (κ2) is 5.79. The van der Waals surface area contributed by atoms with E-state index >= 15 is 0 Å². The number of alkyl halides is 3. The average molecular weight is 297 g/mol. The summed E-state index contributed by atoms with van der Waals surface area (Å²) in [5.74, 6) is 0.966. The van der Waals surface area contributed by atoms with Gasteiger partial charge < -0.3 is 9.88 Å². The van der Waals surface area contributed by atoms with Crippen molar-refractivity contribution in [3.8, 4) is 0 Å². The number of rotatable bonds is 4. The molecule has 0 amide bonds. The van der Waals surface area contributed by atoms with Gasteiger partial charge in [-0.2, -0.15) is 13.2 Å². The third-order valence-corrected chi connectivity index (χ3v) is 3.09. The maximum atomic E-state index is 12.8. The Balaban J connectivity index is 2.29. The fraction of sp³-hybridized carbons (Fsp3) is 0.400. The van der Waals surface area contributed by atoms with E-state index in [1.54, 1.807) is 13.1 Å². The van der Waals surface area contributed by atoms with E-state index in [9.17, 15) is 13.2 Å². The first-order chi connectivity index (χ1) is 9.77. The predicted molar refractivity (Wildman–Crippen MR) is 76.5 cm³/mol. The summed E-state index contributed by atoms with van der Waals surface area (Å²) in [5, 5.41) is 2.99. The Hall–Kier alpha value is -1.98. The van der Waals surface area contributed by atoms with Crippen molar-refractivity contribution >= 4 is 11.6 Å². The van der Waals surface area contributed by atoms with Crippen molar-refractivity contribution in [3.63, 3.8) is 0 Å². The monoisotopic (exact) mass is 297 g/mol. The SMILES string of the molecule is Cc1ccc(C(F)(F)F)cc1Nc1nccn1CC(C)C. The molecule has 0 aliphatic carbocycles. The summed E-state index contributed by atoms with van der Waals surface area (Å²) in [5.41, 5.74) is 0.487. The maximum absolute atomic E-state index is 12.8. The predicted octanol–water partition coefficient (Wildman–Crippen LogP) is 4.61. The number of anilines is 2. The molecule has 6 heteroatoms. The van der Waals surface area contributed by atoms with Crippen LogP contribution < -0.4 is 5.32 Å². The van der Waals surface area contributed by atoms with Crippen molar-refractivity contribution in [1.29, 1.82) is 0 Å². The zero-order valence-electron chi connectivity index (χ0n) is 12.2. The second-order valence-electron chi connectivity index (χ2n) is 5.45. The topological polar surface area (TPSA) is 29.9 Å². The summed E-state index contributed by atoms with van der Waals surface area (Å²) in [6.45, 7) is 6.65. The molecular formula is C15H18F3N3. The van der Waals surface area contributed by atoms with Gasteiger partial charge >= 0.3 is 6.18 Å². The summed E-state index contributed by atoms with van der Waals surface area (Å²) in [6.07, 6.45) is -0.906. The summed E-state index contributed by atoms with van der Waals surface area (Å²) < 4.78 is 40.2. The molecule has 0 aliphatic rings. The minimum absolute atomic E-state index is 0.418. The highest BCUT2D eigenvalue weighted by molar-refractivity contribution is 5.60. The van der Waals surface area contributed by atoms with Gasteiger partial charge in [0.05, 0.1) is 5.56 Å². The summed E-state index contributed by atoms with van der Waals surface area (Å²) in [4.78, 5) is 4.17. The van der Waals surface area contributed by atoms with E-state index in [1.807, 2.05) is 10.8 Å². The number of hydrogen-bond acceptors (Lipinski definition) is 2. The minimum Gasteiger partial charge on any atom is -0.325 e. The van der Waals surface area contributed by atoms with Crippen LogP contribution in [0.25, 0.3) is 0 Å². The molecule has 0 atom stereocenters. The Labute approximate surface area is 121 Å². The van der Waals surface area contributed by atoms with Gasteiger partial charge in [-0.1, -0.05) is 19.9 Å². The van der Waals surface area contributed by atoms with E-state index in [0.29, 0.717) is 17.6 Å². The van der Waals surface area contributed by atoms with Crippen molar-refractivity contribution in [2.45, 2.75) is 33.5 Å². The van der Waals surface area contributed by atoms with Crippen molar-refractivity contribution in [1.82, 2.24) is 9.55 Å². The van der Waals surface area contributed by atoms with E-state index in [0.717, 1.165) is 24.2 Å². The Morgan fingerprint density at radius 1 is 1.29 bits per heavy atom. The van der Waals surface area contributed by atoms with Crippen LogP contribution in [-0.2, 0) is 12.7 Å². The largest absolute Gasteiger partial charge is 0.416 e.